The van der Waals surface area contributed by atoms with Crippen molar-refractivity contribution < 1.29 is 58.7 Å². The monoisotopic (exact) mass is 820 g/mol. The molecule has 21 nitrogen and oxygen atoms in total. The van der Waals surface area contributed by atoms with E-state index in [1.54, 1.807) is 13.8 Å². The van der Waals surface area contributed by atoms with E-state index >= 15 is 0 Å². The second kappa shape index (κ2) is 15.3. The van der Waals surface area contributed by atoms with Crippen molar-refractivity contribution in [2.24, 2.45) is 20.5 Å². The zero-order valence-corrected chi connectivity index (χ0v) is 29.8. The first-order valence-corrected chi connectivity index (χ1v) is 18.7. The largest absolute Gasteiger partial charge is 0.504 e. The molecule has 1 aromatic heterocycles. The molecule has 4 aromatic rings. The third-order valence-electron chi connectivity index (χ3n) is 6.13. The molecule has 6 N–H and O–H groups in total. The van der Waals surface area contributed by atoms with E-state index < -0.39 is 91.7 Å². The number of nitrogens with one attached hydrogen (secondary N) is 1. The molecule has 0 amide bonds. The van der Waals surface area contributed by atoms with E-state index in [0.29, 0.717) is 12.1 Å². The fraction of sp³-hybridized carbons (Fsp3) is 0.154. The molecule has 0 aliphatic heterocycles. The zero-order chi connectivity index (χ0) is 38.8. The number of hydrogen-bond acceptors (Lipinski definition) is 17. The molecule has 1 heterocycles. The van der Waals surface area contributed by atoms with Crippen LogP contribution in [0.5, 0.6) is 11.8 Å². The molecule has 3 aromatic carbocycles. The molecule has 0 aliphatic rings. The average molecular weight is 822 g/mol. The number of ether oxygens (including phenoxy) is 1. The highest BCUT2D eigenvalue weighted by molar-refractivity contribution is 7.86. The lowest BCUT2D eigenvalue weighted by Gasteiger charge is -2.13. The van der Waals surface area contributed by atoms with Gasteiger partial charge in [-0.3, -0.25) is 13.7 Å². The van der Waals surface area contributed by atoms with Crippen LogP contribution < -0.4 is 10.1 Å². The van der Waals surface area contributed by atoms with Gasteiger partial charge in [-0.25, -0.2) is 4.79 Å². The van der Waals surface area contributed by atoms with Crippen molar-refractivity contribution in [1.82, 2.24) is 15.0 Å². The smallest absolute Gasteiger partial charge is 0.338 e. The SMILES string of the molecule is CC(C)Oc1nc(Cl)nc(Nc2cc(S(=O)(=O)O)cc(N=NC(N=Nc3ccc(S(=O)(=O)O)cc3C(=O)O)c3cc(S(=O)(=O)O)ccc3Cl)c2O)n1. The molecule has 0 fully saturated rings. The Kier molecular flexibility index (Phi) is 11.8. The molecular weight excluding hydrogens is 799 g/mol. The number of nitrogens with zero attached hydrogens (tertiary/aromatic N) is 7. The Morgan fingerprint density at radius 1 is 0.788 bits per heavy atom. The number of aromatic hydroxyl groups is 1. The number of carboxylic acids is 1. The third kappa shape index (κ3) is 10.1. The van der Waals surface area contributed by atoms with E-state index in [2.05, 4.69) is 40.7 Å². The Bertz CT molecular complexity index is 2470. The lowest BCUT2D eigenvalue weighted by Crippen LogP contribution is -2.10. The summed E-state index contributed by atoms with van der Waals surface area (Å²) in [6.45, 7) is 3.32. The first-order valence-electron chi connectivity index (χ1n) is 13.7. The first kappa shape index (κ1) is 39.8. The summed E-state index contributed by atoms with van der Waals surface area (Å²) in [6.07, 6.45) is -2.28. The Balaban J connectivity index is 1.89. The summed E-state index contributed by atoms with van der Waals surface area (Å²) in [5.41, 5.74) is -2.82. The topological polar surface area (TPSA) is 330 Å². The molecule has 26 heteroatoms. The minimum Gasteiger partial charge on any atom is -0.504 e. The third-order valence-corrected chi connectivity index (χ3v) is 9.17. The number of benzene rings is 3. The summed E-state index contributed by atoms with van der Waals surface area (Å²) in [7, 11) is -14.7. The Hall–Kier alpha value is -4.95. The molecule has 1 unspecified atom stereocenters. The maximum atomic E-state index is 12.2. The van der Waals surface area contributed by atoms with Gasteiger partial charge in [-0.1, -0.05) is 11.6 Å². The van der Waals surface area contributed by atoms with Crippen LogP contribution in [0.1, 0.15) is 35.9 Å². The van der Waals surface area contributed by atoms with Crippen LogP contribution in [-0.2, 0) is 30.4 Å². The van der Waals surface area contributed by atoms with Crippen molar-refractivity contribution in [2.75, 3.05) is 5.32 Å². The van der Waals surface area contributed by atoms with Crippen molar-refractivity contribution in [2.45, 2.75) is 40.8 Å². The van der Waals surface area contributed by atoms with Gasteiger partial charge < -0.3 is 20.3 Å². The minimum absolute atomic E-state index is 0.251. The molecule has 0 bridgehead atoms. The Labute approximate surface area is 303 Å². The molecular formula is C26H22Cl2N8O13S3. The highest BCUT2D eigenvalue weighted by Gasteiger charge is 2.23. The second-order valence-electron chi connectivity index (χ2n) is 10.2. The van der Waals surface area contributed by atoms with E-state index in [1.165, 1.54) is 0 Å². The van der Waals surface area contributed by atoms with Crippen molar-refractivity contribution in [3.05, 3.63) is 70.0 Å². The van der Waals surface area contributed by atoms with Gasteiger partial charge in [0.05, 0.1) is 37.7 Å². The normalized spacial score (nSPS) is 13.2. The molecule has 52 heavy (non-hydrogen) atoms. The second-order valence-corrected chi connectivity index (χ2v) is 15.2. The van der Waals surface area contributed by atoms with Gasteiger partial charge in [-0.05, 0) is 74.0 Å². The van der Waals surface area contributed by atoms with Crippen LogP contribution in [-0.4, -0.2) is 76.1 Å². The molecule has 4 rings (SSSR count). The number of anilines is 2. The van der Waals surface area contributed by atoms with Crippen LogP contribution in [0.4, 0.5) is 23.0 Å². The number of phenols is 1. The van der Waals surface area contributed by atoms with E-state index in [0.717, 1.165) is 36.4 Å². The summed E-state index contributed by atoms with van der Waals surface area (Å²) < 4.78 is 105. The quantitative estimate of drug-likeness (QED) is 0.0557. The minimum atomic E-state index is -5.01. The number of carboxylic acid groups (broad SMARTS) is 1. The van der Waals surface area contributed by atoms with Crippen molar-refractivity contribution in [3.8, 4) is 11.8 Å². The maximum absolute atomic E-state index is 12.2. The number of carbonyl (C=O) groups is 1. The van der Waals surface area contributed by atoms with Crippen LogP contribution in [0.25, 0.3) is 0 Å². The van der Waals surface area contributed by atoms with Gasteiger partial charge in [-0.2, -0.15) is 55.5 Å². The summed E-state index contributed by atoms with van der Waals surface area (Å²) >= 11 is 12.2. The number of rotatable bonds is 13. The van der Waals surface area contributed by atoms with Crippen LogP contribution in [0, 0.1) is 0 Å². The van der Waals surface area contributed by atoms with Gasteiger partial charge in [0.2, 0.25) is 17.4 Å². The number of aromatic nitrogens is 3. The number of phenolic OH excluding ortho intramolecular Hbond substituents is 1. The average Bonchev–Trinajstić information content (AvgIpc) is 3.00. The summed E-state index contributed by atoms with van der Waals surface area (Å²) in [5.74, 6) is -2.92. The lowest BCUT2D eigenvalue weighted by atomic mass is 10.2. The van der Waals surface area contributed by atoms with Crippen molar-refractivity contribution in [1.29, 1.82) is 0 Å². The van der Waals surface area contributed by atoms with Gasteiger partial charge in [0.1, 0.15) is 5.69 Å². The van der Waals surface area contributed by atoms with E-state index in [-0.39, 0.29) is 27.8 Å². The predicted molar refractivity (Wildman–Crippen MR) is 178 cm³/mol. The van der Waals surface area contributed by atoms with E-state index in [1.807, 2.05) is 0 Å². The number of azo groups is 2. The molecule has 0 radical (unpaired) electrons. The molecule has 276 valence electrons. The van der Waals surface area contributed by atoms with Crippen LogP contribution >= 0.6 is 23.2 Å². The van der Waals surface area contributed by atoms with Gasteiger partial charge >= 0.3 is 12.0 Å². The van der Waals surface area contributed by atoms with E-state index in [4.69, 9.17) is 27.9 Å². The van der Waals surface area contributed by atoms with Gasteiger partial charge in [0.25, 0.3) is 30.4 Å². The summed E-state index contributed by atoms with van der Waals surface area (Å²) in [5, 5.41) is 37.8. The molecule has 0 spiro atoms. The summed E-state index contributed by atoms with van der Waals surface area (Å²) in [6, 6.07) is 6.10. The van der Waals surface area contributed by atoms with Crippen molar-refractivity contribution in [3.63, 3.8) is 0 Å². The summed E-state index contributed by atoms with van der Waals surface area (Å²) in [4.78, 5) is 21.1. The predicted octanol–water partition coefficient (Wildman–Crippen LogP) is 5.42. The van der Waals surface area contributed by atoms with Crippen LogP contribution in [0.2, 0.25) is 10.3 Å². The van der Waals surface area contributed by atoms with Gasteiger partial charge in [0, 0.05) is 10.6 Å². The highest BCUT2D eigenvalue weighted by Crippen LogP contribution is 2.40. The fourth-order valence-corrected chi connectivity index (χ4v) is 5.80. The fourth-order valence-electron chi connectivity index (χ4n) is 3.88. The zero-order valence-electron chi connectivity index (χ0n) is 25.9. The maximum Gasteiger partial charge on any atom is 0.338 e. The standard InChI is InChI=1S/C26H22Cl2N8O13S3/c1-11(2)49-26-31-24(28)30-25(32-26)29-19-9-14(52(46,47)48)10-20(21(19)37)34-36-22(15-7-12(50(40,41)42)3-5-17(15)27)35-33-18-6-4-13(51(43,44)45)8-16(18)23(38)39/h3-11,22,37H,1-2H3,(H,38,39)(H,40,41,42)(H,43,44,45)(H,46,47,48)(H,29,30,31,32). The van der Waals surface area contributed by atoms with Crippen LogP contribution in [0.3, 0.4) is 0 Å². The number of halogens is 2. The van der Waals surface area contributed by atoms with Gasteiger partial charge in [-0.15, -0.1) is 5.11 Å². The Morgan fingerprint density at radius 2 is 1.37 bits per heavy atom. The first-order chi connectivity index (χ1) is 24.0. The molecule has 1 atom stereocenters. The molecule has 0 saturated carbocycles. The number of hydrogen-bond donors (Lipinski definition) is 6. The van der Waals surface area contributed by atoms with Crippen LogP contribution in [0.15, 0.2) is 83.7 Å². The molecule has 0 saturated heterocycles. The van der Waals surface area contributed by atoms with E-state index in [9.17, 15) is 53.9 Å². The molecule has 0 aliphatic carbocycles. The highest BCUT2D eigenvalue weighted by atomic mass is 35.5. The Morgan fingerprint density at radius 3 is 1.94 bits per heavy atom. The van der Waals surface area contributed by atoms with Gasteiger partial charge in [0.15, 0.2) is 5.75 Å². The van der Waals surface area contributed by atoms with Crippen molar-refractivity contribution >= 4 is 82.5 Å². The lowest BCUT2D eigenvalue weighted by molar-refractivity contribution is 0.0697. The number of aromatic carboxylic acids is 1.